The molecule has 2 aromatic carbocycles. The first-order chi connectivity index (χ1) is 12.0. The van der Waals surface area contributed by atoms with Crippen molar-refractivity contribution in [1.29, 1.82) is 0 Å². The topological polar surface area (TPSA) is 75.6 Å². The number of halogens is 1. The first kappa shape index (κ1) is 16.7. The highest BCUT2D eigenvalue weighted by Gasteiger charge is 2.31. The summed E-state index contributed by atoms with van der Waals surface area (Å²) in [5.74, 6) is -2.26. The second kappa shape index (κ2) is 6.76. The molecular formula is C19H16FNO4. The lowest BCUT2D eigenvalue weighted by Crippen LogP contribution is -2.19. The fourth-order valence-corrected chi connectivity index (χ4v) is 2.76. The largest absolute Gasteiger partial charge is 0.504 e. The molecule has 0 aliphatic carbocycles. The Labute approximate surface area is 143 Å². The van der Waals surface area contributed by atoms with Crippen LogP contribution >= 0.6 is 0 Å². The number of carbonyl (C=O) groups excluding carboxylic acids is 2. The van der Waals surface area contributed by atoms with E-state index in [1.807, 2.05) is 25.1 Å². The lowest BCUT2D eigenvalue weighted by atomic mass is 10.0. The molecule has 25 heavy (non-hydrogen) atoms. The molecule has 0 radical (unpaired) electrons. The number of nitrogens with one attached hydrogen (secondary N) is 1. The molecule has 0 saturated heterocycles. The van der Waals surface area contributed by atoms with Crippen molar-refractivity contribution in [2.45, 2.75) is 13.3 Å². The minimum Gasteiger partial charge on any atom is -0.504 e. The summed E-state index contributed by atoms with van der Waals surface area (Å²) in [5, 5.41) is 12.2. The number of phenolic OH excluding ortho intramolecular Hbond substituents is 1. The minimum atomic E-state index is -0.697. The molecule has 0 fully saturated rings. The Kier molecular flexibility index (Phi) is 4.52. The molecule has 1 aliphatic rings. The molecule has 1 aliphatic heterocycles. The van der Waals surface area contributed by atoms with E-state index in [1.54, 1.807) is 12.1 Å². The van der Waals surface area contributed by atoms with Crippen LogP contribution in [0.3, 0.4) is 0 Å². The summed E-state index contributed by atoms with van der Waals surface area (Å²) in [4.78, 5) is 23.2. The molecule has 2 N–H and O–H groups in total. The number of allylic oxidation sites excluding steroid dienone is 1. The lowest BCUT2D eigenvalue weighted by molar-refractivity contribution is 0.0879. The number of imide groups is 1. The molecule has 1 heterocycles. The second-order valence-corrected chi connectivity index (χ2v) is 5.51. The summed E-state index contributed by atoms with van der Waals surface area (Å²) >= 11 is 0. The fraction of sp³-hybridized carbons (Fsp3) is 0.158. The Hall–Kier alpha value is -3.15. The monoisotopic (exact) mass is 341 g/mol. The van der Waals surface area contributed by atoms with E-state index in [4.69, 9.17) is 4.74 Å². The van der Waals surface area contributed by atoms with Crippen molar-refractivity contribution in [3.63, 3.8) is 0 Å². The van der Waals surface area contributed by atoms with Gasteiger partial charge in [0.05, 0.1) is 11.1 Å². The number of hydrogen-bond acceptors (Lipinski definition) is 4. The van der Waals surface area contributed by atoms with Gasteiger partial charge in [0.15, 0.2) is 11.5 Å². The van der Waals surface area contributed by atoms with Crippen molar-refractivity contribution in [2.75, 3.05) is 6.61 Å². The van der Waals surface area contributed by atoms with Gasteiger partial charge >= 0.3 is 0 Å². The molecule has 5 nitrogen and oxygen atoms in total. The smallest absolute Gasteiger partial charge is 0.262 e. The predicted octanol–water partition coefficient (Wildman–Crippen LogP) is 3.45. The van der Waals surface area contributed by atoms with Crippen LogP contribution in [0.15, 0.2) is 48.3 Å². The molecule has 128 valence electrons. The first-order valence-electron chi connectivity index (χ1n) is 7.80. The van der Waals surface area contributed by atoms with Gasteiger partial charge in [-0.15, -0.1) is 0 Å². The summed E-state index contributed by atoms with van der Waals surface area (Å²) in [6.07, 6.45) is 0.478. The van der Waals surface area contributed by atoms with Crippen LogP contribution in [0.5, 0.6) is 11.5 Å². The zero-order valence-corrected chi connectivity index (χ0v) is 13.5. The Morgan fingerprint density at radius 3 is 2.52 bits per heavy atom. The molecule has 0 saturated carbocycles. The fourth-order valence-electron chi connectivity index (χ4n) is 2.76. The van der Waals surface area contributed by atoms with Gasteiger partial charge in [0, 0.05) is 0 Å². The number of hydrogen-bond donors (Lipinski definition) is 2. The molecule has 2 amide bonds. The van der Waals surface area contributed by atoms with Crippen LogP contribution in [0, 0.1) is 0 Å². The average Bonchev–Trinajstić information content (AvgIpc) is 2.90. The SMILES string of the molecule is CC/C(=C(/F)COc1ccc2c(c1O)C(=O)NC2=O)c1ccccc1. The number of fused-ring (bicyclic) bond motifs is 1. The Bertz CT molecular complexity index is 874. The van der Waals surface area contributed by atoms with E-state index < -0.39 is 23.4 Å². The maximum atomic E-state index is 14.5. The van der Waals surface area contributed by atoms with Crippen molar-refractivity contribution >= 4 is 17.4 Å². The average molecular weight is 341 g/mol. The Balaban J connectivity index is 1.85. The molecule has 0 atom stereocenters. The van der Waals surface area contributed by atoms with E-state index in [1.165, 1.54) is 12.1 Å². The quantitative estimate of drug-likeness (QED) is 0.817. The standard InChI is InChI=1S/C19H16FNO4/c1-2-12(11-6-4-3-5-7-11)14(20)10-25-15-9-8-13-16(17(15)22)19(24)21-18(13)23/h3-9,22H,2,10H2,1H3,(H,21,23,24)/b14-12-. The molecule has 3 rings (SSSR count). The van der Waals surface area contributed by atoms with Gasteiger partial charge in [-0.2, -0.15) is 0 Å². The highest BCUT2D eigenvalue weighted by atomic mass is 19.1. The van der Waals surface area contributed by atoms with Crippen LogP contribution in [0.2, 0.25) is 0 Å². The van der Waals surface area contributed by atoms with Gasteiger partial charge in [0.25, 0.3) is 11.8 Å². The Morgan fingerprint density at radius 1 is 1.12 bits per heavy atom. The number of amides is 2. The molecule has 0 unspecified atom stereocenters. The Morgan fingerprint density at radius 2 is 1.84 bits per heavy atom. The van der Waals surface area contributed by atoms with Crippen LogP contribution in [-0.4, -0.2) is 23.5 Å². The highest BCUT2D eigenvalue weighted by molar-refractivity contribution is 6.23. The van der Waals surface area contributed by atoms with Crippen LogP contribution < -0.4 is 10.1 Å². The number of phenols is 1. The summed E-state index contributed by atoms with van der Waals surface area (Å²) in [5.41, 5.74) is 1.19. The van der Waals surface area contributed by atoms with Crippen molar-refractivity contribution in [2.24, 2.45) is 0 Å². The third kappa shape index (κ3) is 3.10. The number of aromatic hydroxyl groups is 1. The number of carbonyl (C=O) groups is 2. The normalized spacial score (nSPS) is 14.0. The maximum Gasteiger partial charge on any atom is 0.262 e. The van der Waals surface area contributed by atoms with E-state index in [0.29, 0.717) is 12.0 Å². The van der Waals surface area contributed by atoms with E-state index in [-0.39, 0.29) is 23.5 Å². The van der Waals surface area contributed by atoms with E-state index >= 15 is 0 Å². The molecule has 6 heteroatoms. The van der Waals surface area contributed by atoms with Gasteiger partial charge in [-0.3, -0.25) is 14.9 Å². The van der Waals surface area contributed by atoms with E-state index in [0.717, 1.165) is 5.56 Å². The molecule has 0 spiro atoms. The summed E-state index contributed by atoms with van der Waals surface area (Å²) in [6, 6.07) is 11.8. The van der Waals surface area contributed by atoms with Crippen LogP contribution in [0.1, 0.15) is 39.6 Å². The molecule has 0 aromatic heterocycles. The van der Waals surface area contributed by atoms with Gasteiger partial charge in [-0.1, -0.05) is 37.3 Å². The third-order valence-corrected chi connectivity index (χ3v) is 4.00. The van der Waals surface area contributed by atoms with Gasteiger partial charge < -0.3 is 9.84 Å². The van der Waals surface area contributed by atoms with Crippen LogP contribution in [0.25, 0.3) is 5.57 Å². The number of ether oxygens (including phenoxy) is 1. The predicted molar refractivity (Wildman–Crippen MR) is 90.2 cm³/mol. The van der Waals surface area contributed by atoms with Crippen LogP contribution in [0.4, 0.5) is 4.39 Å². The zero-order chi connectivity index (χ0) is 18.0. The number of benzene rings is 2. The lowest BCUT2D eigenvalue weighted by Gasteiger charge is -2.11. The van der Waals surface area contributed by atoms with Gasteiger partial charge in [-0.25, -0.2) is 4.39 Å². The summed E-state index contributed by atoms with van der Waals surface area (Å²) in [7, 11) is 0. The summed E-state index contributed by atoms with van der Waals surface area (Å²) in [6.45, 7) is 1.45. The second-order valence-electron chi connectivity index (χ2n) is 5.51. The van der Waals surface area contributed by atoms with Gasteiger partial charge in [-0.05, 0) is 29.7 Å². The van der Waals surface area contributed by atoms with Crippen LogP contribution in [-0.2, 0) is 0 Å². The number of rotatable bonds is 5. The van der Waals surface area contributed by atoms with Crippen molar-refractivity contribution in [3.8, 4) is 11.5 Å². The van der Waals surface area contributed by atoms with E-state index in [2.05, 4.69) is 5.32 Å². The maximum absolute atomic E-state index is 14.5. The molecular weight excluding hydrogens is 325 g/mol. The molecule has 2 aromatic rings. The molecule has 0 bridgehead atoms. The third-order valence-electron chi connectivity index (χ3n) is 4.00. The summed E-state index contributed by atoms with van der Waals surface area (Å²) < 4.78 is 19.9. The first-order valence-corrected chi connectivity index (χ1v) is 7.80. The van der Waals surface area contributed by atoms with Crippen molar-refractivity contribution < 1.29 is 23.8 Å². The van der Waals surface area contributed by atoms with Crippen molar-refractivity contribution in [3.05, 3.63) is 65.0 Å². The van der Waals surface area contributed by atoms with Gasteiger partial charge in [0.2, 0.25) is 0 Å². The van der Waals surface area contributed by atoms with Crippen molar-refractivity contribution in [1.82, 2.24) is 5.32 Å². The van der Waals surface area contributed by atoms with E-state index in [9.17, 15) is 19.1 Å². The minimum absolute atomic E-state index is 0.0535. The highest BCUT2D eigenvalue weighted by Crippen LogP contribution is 2.35. The zero-order valence-electron chi connectivity index (χ0n) is 13.5. The van der Waals surface area contributed by atoms with Gasteiger partial charge in [0.1, 0.15) is 12.4 Å².